The summed E-state index contributed by atoms with van der Waals surface area (Å²) in [5.41, 5.74) is 0. The Labute approximate surface area is 118 Å². The fraction of sp³-hybridized carbons (Fsp3) is 0.182. The second-order valence-electron chi connectivity index (χ2n) is 3.40. The number of ether oxygens (including phenoxy) is 2. The van der Waals surface area contributed by atoms with Crippen LogP contribution in [0.5, 0.6) is 5.75 Å². The second kappa shape index (κ2) is 6.40. The molecule has 8 heteroatoms. The number of halogens is 2. The summed E-state index contributed by atoms with van der Waals surface area (Å²) in [5.74, 6) is 1.10. The number of rotatable bonds is 6. The molecule has 0 amide bonds. The summed E-state index contributed by atoms with van der Waals surface area (Å²) < 4.78 is 15.1. The molecule has 1 heterocycles. The van der Waals surface area contributed by atoms with Gasteiger partial charge in [0.2, 0.25) is 5.82 Å². The quantitative estimate of drug-likeness (QED) is 0.655. The molecule has 6 nitrogen and oxygen atoms in total. The van der Waals surface area contributed by atoms with E-state index in [1.165, 1.54) is 0 Å². The molecule has 0 bridgehead atoms. The first-order valence-electron chi connectivity index (χ1n) is 5.19. The van der Waals surface area contributed by atoms with Gasteiger partial charge in [-0.3, -0.25) is 5.41 Å². The summed E-state index contributed by atoms with van der Waals surface area (Å²) in [4.78, 5) is 4.01. The van der Waals surface area contributed by atoms with Crippen molar-refractivity contribution in [1.29, 1.82) is 5.41 Å². The molecule has 0 radical (unpaired) electrons. The van der Waals surface area contributed by atoms with Crippen molar-refractivity contribution in [2.45, 2.75) is 13.2 Å². The maximum Gasteiger partial charge on any atom is 0.264 e. The molecule has 1 N–H and O–H groups in total. The first-order chi connectivity index (χ1) is 9.19. The smallest absolute Gasteiger partial charge is 0.264 e. The Balaban J connectivity index is 1.94. The molecule has 0 saturated heterocycles. The van der Waals surface area contributed by atoms with Crippen LogP contribution >= 0.6 is 23.2 Å². The lowest BCUT2D eigenvalue weighted by atomic mass is 10.3. The van der Waals surface area contributed by atoms with Crippen molar-refractivity contribution < 1.29 is 14.0 Å². The normalized spacial score (nSPS) is 10.2. The minimum atomic E-state index is 0.0781. The Hall–Kier alpha value is -1.79. The average Bonchev–Trinajstić information content (AvgIpc) is 2.83. The van der Waals surface area contributed by atoms with E-state index < -0.39 is 0 Å². The zero-order chi connectivity index (χ0) is 13.7. The van der Waals surface area contributed by atoms with Crippen LogP contribution in [0.2, 0.25) is 10.0 Å². The predicted octanol–water partition coefficient (Wildman–Crippen LogP) is 3.08. The van der Waals surface area contributed by atoms with Gasteiger partial charge >= 0.3 is 0 Å². The van der Waals surface area contributed by atoms with Gasteiger partial charge < -0.3 is 14.0 Å². The Morgan fingerprint density at radius 1 is 1.32 bits per heavy atom. The van der Waals surface area contributed by atoms with Crippen LogP contribution in [0, 0.1) is 5.41 Å². The maximum atomic E-state index is 6.71. The first-order valence-corrected chi connectivity index (χ1v) is 5.94. The average molecular weight is 302 g/mol. The van der Waals surface area contributed by atoms with Gasteiger partial charge in [-0.1, -0.05) is 28.4 Å². The Kier molecular flexibility index (Phi) is 4.59. The second-order valence-corrected chi connectivity index (χ2v) is 4.24. The van der Waals surface area contributed by atoms with Crippen LogP contribution < -0.4 is 4.74 Å². The molecule has 0 spiro atoms. The van der Waals surface area contributed by atoms with Crippen molar-refractivity contribution in [3.63, 3.8) is 0 Å². The largest absolute Gasteiger partial charge is 0.482 e. The third-order valence-corrected chi connectivity index (χ3v) is 2.58. The molecule has 1 aromatic heterocycles. The lowest BCUT2D eigenvalue weighted by Crippen LogP contribution is -1.97. The highest BCUT2D eigenvalue weighted by molar-refractivity contribution is 6.35. The molecule has 2 aromatic rings. The van der Waals surface area contributed by atoms with Crippen LogP contribution in [0.4, 0.5) is 0 Å². The number of benzene rings is 1. The number of nitrogens with one attached hydrogen (secondary N) is 1. The minimum Gasteiger partial charge on any atom is -0.482 e. The molecular weight excluding hydrogens is 293 g/mol. The van der Waals surface area contributed by atoms with Crippen molar-refractivity contribution >= 4 is 29.6 Å². The van der Waals surface area contributed by atoms with Gasteiger partial charge in [0, 0.05) is 5.02 Å². The van der Waals surface area contributed by atoms with E-state index in [9.17, 15) is 0 Å². The van der Waals surface area contributed by atoms with Gasteiger partial charge in [0.05, 0.1) is 5.02 Å². The third kappa shape index (κ3) is 3.84. The third-order valence-electron chi connectivity index (χ3n) is 2.05. The molecule has 19 heavy (non-hydrogen) atoms. The van der Waals surface area contributed by atoms with E-state index in [4.69, 9.17) is 42.6 Å². The standard InChI is InChI=1S/C11H9Cl2N3O3/c12-7-1-2-9(8(13)3-7)18-5-11-15-10(16-19-11)4-17-6-14/h1-3,6,14H,4-5H2. The molecule has 0 unspecified atom stereocenters. The van der Waals surface area contributed by atoms with Crippen molar-refractivity contribution in [2.75, 3.05) is 0 Å². The number of nitrogens with zero attached hydrogens (tertiary/aromatic N) is 2. The van der Waals surface area contributed by atoms with Gasteiger partial charge in [0.25, 0.3) is 5.89 Å². The van der Waals surface area contributed by atoms with Crippen LogP contribution in [0.15, 0.2) is 22.7 Å². The topological polar surface area (TPSA) is 81.2 Å². The van der Waals surface area contributed by atoms with E-state index in [-0.39, 0.29) is 19.1 Å². The first kappa shape index (κ1) is 13.6. The molecule has 0 aliphatic rings. The lowest BCUT2D eigenvalue weighted by molar-refractivity contribution is 0.240. The SMILES string of the molecule is N=COCc1noc(COc2ccc(Cl)cc2Cl)n1. The summed E-state index contributed by atoms with van der Waals surface area (Å²) >= 11 is 11.7. The number of aromatic nitrogens is 2. The Morgan fingerprint density at radius 3 is 2.89 bits per heavy atom. The van der Waals surface area contributed by atoms with Crippen LogP contribution in [0.3, 0.4) is 0 Å². The zero-order valence-electron chi connectivity index (χ0n) is 9.60. The molecule has 1 aromatic carbocycles. The minimum absolute atomic E-state index is 0.0781. The highest BCUT2D eigenvalue weighted by atomic mass is 35.5. The van der Waals surface area contributed by atoms with E-state index >= 15 is 0 Å². The van der Waals surface area contributed by atoms with E-state index in [0.717, 1.165) is 6.40 Å². The maximum absolute atomic E-state index is 6.71. The summed E-state index contributed by atoms with van der Waals surface area (Å²) in [6.45, 7) is 0.160. The molecule has 0 aliphatic carbocycles. The van der Waals surface area contributed by atoms with Crippen LogP contribution in [0.1, 0.15) is 11.7 Å². The van der Waals surface area contributed by atoms with Crippen LogP contribution in [-0.2, 0) is 18.0 Å². The van der Waals surface area contributed by atoms with E-state index in [0.29, 0.717) is 21.6 Å². The number of hydrogen-bond acceptors (Lipinski definition) is 6. The summed E-state index contributed by atoms with van der Waals surface area (Å²) in [5, 5.41) is 11.3. The highest BCUT2D eigenvalue weighted by Gasteiger charge is 2.09. The molecule has 0 fully saturated rings. The summed E-state index contributed by atoms with van der Waals surface area (Å²) in [6, 6.07) is 4.90. The Bertz CT molecular complexity index is 574. The molecule has 2 rings (SSSR count). The van der Waals surface area contributed by atoms with Crippen LogP contribution in [0.25, 0.3) is 0 Å². The fourth-order valence-electron chi connectivity index (χ4n) is 1.26. The van der Waals surface area contributed by atoms with Gasteiger partial charge in [0.1, 0.15) is 5.75 Å². The summed E-state index contributed by atoms with van der Waals surface area (Å²) in [6.07, 6.45) is 0.806. The van der Waals surface area contributed by atoms with Gasteiger partial charge in [-0.05, 0) is 18.2 Å². The van der Waals surface area contributed by atoms with Gasteiger partial charge in [-0.2, -0.15) is 4.98 Å². The molecular formula is C11H9Cl2N3O3. The van der Waals surface area contributed by atoms with Crippen molar-refractivity contribution in [3.8, 4) is 5.75 Å². The van der Waals surface area contributed by atoms with E-state index in [1.807, 2.05) is 0 Å². The number of hydrogen-bond donors (Lipinski definition) is 1. The van der Waals surface area contributed by atoms with Gasteiger partial charge in [0.15, 0.2) is 19.6 Å². The van der Waals surface area contributed by atoms with Gasteiger partial charge in [-0.25, -0.2) is 0 Å². The molecule has 100 valence electrons. The fourth-order valence-corrected chi connectivity index (χ4v) is 1.72. The monoisotopic (exact) mass is 301 g/mol. The van der Waals surface area contributed by atoms with Crippen molar-refractivity contribution in [3.05, 3.63) is 40.0 Å². The molecule has 0 aliphatic heterocycles. The van der Waals surface area contributed by atoms with Gasteiger partial charge in [-0.15, -0.1) is 0 Å². The van der Waals surface area contributed by atoms with E-state index in [1.54, 1.807) is 18.2 Å². The van der Waals surface area contributed by atoms with Crippen molar-refractivity contribution in [1.82, 2.24) is 10.1 Å². The molecule has 0 atom stereocenters. The van der Waals surface area contributed by atoms with Crippen LogP contribution in [-0.4, -0.2) is 16.5 Å². The zero-order valence-corrected chi connectivity index (χ0v) is 11.1. The highest BCUT2D eigenvalue weighted by Crippen LogP contribution is 2.27. The van der Waals surface area contributed by atoms with E-state index in [2.05, 4.69) is 10.1 Å². The Morgan fingerprint density at radius 2 is 2.16 bits per heavy atom. The predicted molar refractivity (Wildman–Crippen MR) is 68.7 cm³/mol. The van der Waals surface area contributed by atoms with Crippen molar-refractivity contribution in [2.24, 2.45) is 0 Å². The molecule has 0 saturated carbocycles. The lowest BCUT2D eigenvalue weighted by Gasteiger charge is -2.05. The summed E-state index contributed by atoms with van der Waals surface area (Å²) in [7, 11) is 0.